The number of oxazole rings is 1. The fourth-order valence-corrected chi connectivity index (χ4v) is 3.48. The molecule has 0 atom stereocenters. The molecule has 0 saturated heterocycles. The number of carbonyl (C=O) groups is 1. The Morgan fingerprint density at radius 2 is 1.75 bits per heavy atom. The van der Waals surface area contributed by atoms with Gasteiger partial charge in [0.1, 0.15) is 17.1 Å². The average Bonchev–Trinajstić information content (AvgIpc) is 3.23. The van der Waals surface area contributed by atoms with Gasteiger partial charge in [0.25, 0.3) is 5.91 Å². The Bertz CT molecular complexity index is 1260. The lowest BCUT2D eigenvalue weighted by Crippen LogP contribution is -2.34. The molecule has 0 fully saturated rings. The van der Waals surface area contributed by atoms with Crippen LogP contribution in [-0.2, 0) is 0 Å². The first-order valence-electron chi connectivity index (χ1n) is 9.66. The Hall–Kier alpha value is -3.98. The number of carbonyl (C=O) groups excluding carboxylic acids is 1. The zero-order valence-corrected chi connectivity index (χ0v) is 18.4. The number of hydrogen-bond acceptors (Lipinski definition) is 7. The zero-order valence-electron chi connectivity index (χ0n) is 17.6. The van der Waals surface area contributed by atoms with Gasteiger partial charge in [0.2, 0.25) is 5.89 Å². The lowest BCUT2D eigenvalue weighted by Gasteiger charge is -2.15. The summed E-state index contributed by atoms with van der Waals surface area (Å²) < 4.78 is 16.4. The van der Waals surface area contributed by atoms with Gasteiger partial charge in [-0.05, 0) is 61.1 Å². The van der Waals surface area contributed by atoms with E-state index < -0.39 is 5.91 Å². The van der Waals surface area contributed by atoms with Crippen molar-refractivity contribution in [3.63, 3.8) is 0 Å². The summed E-state index contributed by atoms with van der Waals surface area (Å²) in [7, 11) is 2.97. The topological polar surface area (TPSA) is 98.5 Å². The van der Waals surface area contributed by atoms with E-state index in [2.05, 4.69) is 20.6 Å². The van der Waals surface area contributed by atoms with E-state index in [4.69, 9.17) is 26.1 Å². The van der Waals surface area contributed by atoms with Crippen LogP contribution >= 0.6 is 12.2 Å². The molecule has 8 nitrogen and oxygen atoms in total. The predicted octanol–water partition coefficient (Wildman–Crippen LogP) is 4.34. The highest BCUT2D eigenvalue weighted by atomic mass is 32.1. The van der Waals surface area contributed by atoms with Gasteiger partial charge in [-0.2, -0.15) is 4.98 Å². The third-order valence-corrected chi connectivity index (χ3v) is 5.06. The van der Waals surface area contributed by atoms with Crippen LogP contribution in [0.2, 0.25) is 0 Å². The highest BCUT2D eigenvalue weighted by molar-refractivity contribution is 7.80. The third kappa shape index (κ3) is 4.10. The molecular formula is C23H20N4O4S. The van der Waals surface area contributed by atoms with Crippen LogP contribution in [0.3, 0.4) is 0 Å². The van der Waals surface area contributed by atoms with Crippen LogP contribution in [0.15, 0.2) is 59.1 Å². The Labute approximate surface area is 189 Å². The minimum Gasteiger partial charge on any atom is -0.496 e. The monoisotopic (exact) mass is 448 g/mol. The van der Waals surface area contributed by atoms with Crippen LogP contribution in [0.5, 0.6) is 11.5 Å². The summed E-state index contributed by atoms with van der Waals surface area (Å²) in [5.41, 5.74) is 3.74. The van der Waals surface area contributed by atoms with Crippen molar-refractivity contribution in [1.29, 1.82) is 0 Å². The van der Waals surface area contributed by atoms with E-state index in [0.717, 1.165) is 11.1 Å². The van der Waals surface area contributed by atoms with Crippen molar-refractivity contribution in [3.05, 3.63) is 65.9 Å². The molecule has 0 aliphatic heterocycles. The van der Waals surface area contributed by atoms with E-state index >= 15 is 0 Å². The van der Waals surface area contributed by atoms with Crippen molar-refractivity contribution in [3.8, 4) is 23.0 Å². The van der Waals surface area contributed by atoms with Gasteiger partial charge in [0.15, 0.2) is 16.3 Å². The largest absolute Gasteiger partial charge is 0.496 e. The maximum Gasteiger partial charge on any atom is 0.264 e. The summed E-state index contributed by atoms with van der Waals surface area (Å²) in [5.74, 6) is 0.768. The maximum absolute atomic E-state index is 12.8. The van der Waals surface area contributed by atoms with E-state index in [1.807, 2.05) is 31.2 Å². The number of pyridine rings is 1. The maximum atomic E-state index is 12.8. The molecule has 2 aromatic carbocycles. The third-order valence-electron chi connectivity index (χ3n) is 4.86. The van der Waals surface area contributed by atoms with Crippen molar-refractivity contribution in [2.24, 2.45) is 0 Å². The number of benzene rings is 2. The van der Waals surface area contributed by atoms with Crippen LogP contribution < -0.4 is 20.1 Å². The van der Waals surface area contributed by atoms with Gasteiger partial charge in [0, 0.05) is 17.4 Å². The molecule has 2 heterocycles. The Morgan fingerprint density at radius 3 is 2.44 bits per heavy atom. The lowest BCUT2D eigenvalue weighted by molar-refractivity contribution is 0.0971. The molecule has 0 spiro atoms. The van der Waals surface area contributed by atoms with Crippen LogP contribution in [0.4, 0.5) is 5.69 Å². The van der Waals surface area contributed by atoms with Crippen LogP contribution in [0, 0.1) is 6.92 Å². The Morgan fingerprint density at radius 1 is 1.03 bits per heavy atom. The standard InChI is InChI=1S/C23H20N4O4S/c1-13-14(22-26-20-18(31-22)11-6-12-24-20)7-4-8-15(13)25-23(32)27-21(28)19-16(29-2)9-5-10-17(19)30-3/h4-12H,1-3H3,(H2,25,27,28,32). The highest BCUT2D eigenvalue weighted by Crippen LogP contribution is 2.30. The number of ether oxygens (including phenoxy) is 2. The Kier molecular flexibility index (Phi) is 6.00. The van der Waals surface area contributed by atoms with Crippen molar-refractivity contribution >= 4 is 40.2 Å². The minimum atomic E-state index is -0.448. The molecule has 32 heavy (non-hydrogen) atoms. The second-order valence-electron chi connectivity index (χ2n) is 6.77. The summed E-state index contributed by atoms with van der Waals surface area (Å²) >= 11 is 5.37. The minimum absolute atomic E-state index is 0.127. The van der Waals surface area contributed by atoms with E-state index in [1.165, 1.54) is 14.2 Å². The number of hydrogen-bond donors (Lipinski definition) is 2. The SMILES string of the molecule is COc1cccc(OC)c1C(=O)NC(=S)Nc1cccc(-c2nc3ncccc3o2)c1C. The molecule has 0 radical (unpaired) electrons. The summed E-state index contributed by atoms with van der Waals surface area (Å²) in [6.07, 6.45) is 1.66. The second kappa shape index (κ2) is 9.03. The van der Waals surface area contributed by atoms with Gasteiger partial charge in [0.05, 0.1) is 14.2 Å². The summed E-state index contributed by atoms with van der Waals surface area (Å²) in [6, 6.07) is 14.3. The molecule has 2 aromatic heterocycles. The summed E-state index contributed by atoms with van der Waals surface area (Å²) in [4.78, 5) is 21.5. The first-order chi connectivity index (χ1) is 15.5. The molecule has 1 amide bonds. The van der Waals surface area contributed by atoms with Crippen molar-refractivity contribution in [2.45, 2.75) is 6.92 Å². The van der Waals surface area contributed by atoms with Gasteiger partial charge in [-0.15, -0.1) is 0 Å². The number of anilines is 1. The fraction of sp³-hybridized carbons (Fsp3) is 0.130. The molecule has 9 heteroatoms. The van der Waals surface area contributed by atoms with E-state index in [-0.39, 0.29) is 10.7 Å². The molecule has 0 saturated carbocycles. The van der Waals surface area contributed by atoms with Crippen molar-refractivity contribution in [2.75, 3.05) is 19.5 Å². The number of fused-ring (bicyclic) bond motifs is 1. The molecule has 0 unspecified atom stereocenters. The number of nitrogens with zero attached hydrogens (tertiary/aromatic N) is 2. The van der Waals surface area contributed by atoms with Crippen LogP contribution in [-0.4, -0.2) is 35.2 Å². The zero-order chi connectivity index (χ0) is 22.7. The normalized spacial score (nSPS) is 10.6. The van der Waals surface area contributed by atoms with Crippen molar-refractivity contribution in [1.82, 2.24) is 15.3 Å². The van der Waals surface area contributed by atoms with Gasteiger partial charge < -0.3 is 19.2 Å². The molecule has 0 bridgehead atoms. The van der Waals surface area contributed by atoms with Crippen LogP contribution in [0.25, 0.3) is 22.7 Å². The highest BCUT2D eigenvalue weighted by Gasteiger charge is 2.20. The second-order valence-corrected chi connectivity index (χ2v) is 7.18. The van der Waals surface area contributed by atoms with Gasteiger partial charge >= 0.3 is 0 Å². The summed E-state index contributed by atoms with van der Waals surface area (Å²) in [5, 5.41) is 5.86. The smallest absolute Gasteiger partial charge is 0.264 e. The van der Waals surface area contributed by atoms with Gasteiger partial charge in [-0.25, -0.2) is 4.98 Å². The molecule has 162 valence electrons. The molecule has 0 aliphatic carbocycles. The average molecular weight is 449 g/mol. The van der Waals surface area contributed by atoms with E-state index in [1.54, 1.807) is 30.5 Å². The molecule has 0 aliphatic rings. The molecule has 4 rings (SSSR count). The van der Waals surface area contributed by atoms with Gasteiger partial charge in [-0.3, -0.25) is 10.1 Å². The number of amides is 1. The number of methoxy groups -OCH3 is 2. The first-order valence-corrected chi connectivity index (χ1v) is 10.1. The van der Waals surface area contributed by atoms with Crippen LogP contribution in [0.1, 0.15) is 15.9 Å². The first kappa shape index (κ1) is 21.3. The number of thiocarbonyl (C=S) groups is 1. The van der Waals surface area contributed by atoms with E-state index in [9.17, 15) is 4.79 Å². The number of aromatic nitrogens is 2. The summed E-state index contributed by atoms with van der Waals surface area (Å²) in [6.45, 7) is 1.91. The van der Waals surface area contributed by atoms with Crippen molar-refractivity contribution < 1.29 is 18.7 Å². The predicted molar refractivity (Wildman–Crippen MR) is 125 cm³/mol. The Balaban J connectivity index is 1.56. The fourth-order valence-electron chi connectivity index (χ4n) is 3.28. The number of nitrogens with one attached hydrogen (secondary N) is 2. The van der Waals surface area contributed by atoms with E-state index in [0.29, 0.717) is 34.3 Å². The molecule has 4 aromatic rings. The molecular weight excluding hydrogens is 428 g/mol. The quantitative estimate of drug-likeness (QED) is 0.435. The molecule has 2 N–H and O–H groups in total. The number of rotatable bonds is 5. The van der Waals surface area contributed by atoms with Gasteiger partial charge in [-0.1, -0.05) is 12.1 Å². The lowest BCUT2D eigenvalue weighted by atomic mass is 10.1.